The number of aryl methyl sites for hydroxylation is 1. The number of nitrogens with zero attached hydrogens (tertiary/aromatic N) is 3. The Balaban J connectivity index is 1.63. The van der Waals surface area contributed by atoms with Crippen molar-refractivity contribution in [1.82, 2.24) is 20.2 Å². The van der Waals surface area contributed by atoms with E-state index in [1.807, 2.05) is 0 Å². The Morgan fingerprint density at radius 3 is 3.16 bits per heavy atom. The number of hydrogen-bond donors (Lipinski definition) is 2. The van der Waals surface area contributed by atoms with Crippen molar-refractivity contribution in [1.29, 1.82) is 0 Å². The van der Waals surface area contributed by atoms with Crippen LogP contribution in [0.4, 0.5) is 15.9 Å². The number of H-pyrrole nitrogens is 1. The minimum Gasteiger partial charge on any atom is -0.337 e. The fraction of sp³-hybridized carbons (Fsp3) is 0.278. The first kappa shape index (κ1) is 14.8. The van der Waals surface area contributed by atoms with E-state index in [1.54, 1.807) is 29.9 Å². The molecule has 1 aliphatic rings. The summed E-state index contributed by atoms with van der Waals surface area (Å²) in [7, 11) is 0. The Morgan fingerprint density at radius 1 is 1.32 bits per heavy atom. The van der Waals surface area contributed by atoms with Gasteiger partial charge in [0.2, 0.25) is 0 Å². The molecule has 0 bridgehead atoms. The summed E-state index contributed by atoms with van der Waals surface area (Å²) in [6.07, 6.45) is 6.52. The quantitative estimate of drug-likeness (QED) is 0.554. The zero-order chi connectivity index (χ0) is 17.0. The summed E-state index contributed by atoms with van der Waals surface area (Å²) < 4.78 is 14.4. The molecule has 5 rings (SSSR count). The average Bonchev–Trinajstić information content (AvgIpc) is 3.18. The molecule has 1 aliphatic carbocycles. The van der Waals surface area contributed by atoms with Gasteiger partial charge in [-0.25, -0.2) is 14.4 Å². The SMILES string of the molecule is CC1CCc2c(sc3ncnc(Nc4cc5cn[nH]c5cc4F)c23)C1. The zero-order valence-electron chi connectivity index (χ0n) is 13.6. The van der Waals surface area contributed by atoms with Gasteiger partial charge in [-0.3, -0.25) is 5.10 Å². The van der Waals surface area contributed by atoms with Gasteiger partial charge in [0.25, 0.3) is 0 Å². The van der Waals surface area contributed by atoms with Gasteiger partial charge in [0.1, 0.15) is 22.8 Å². The first-order valence-corrected chi connectivity index (χ1v) is 9.15. The molecule has 1 unspecified atom stereocenters. The molecular formula is C18H16FN5S. The highest BCUT2D eigenvalue weighted by Gasteiger charge is 2.23. The fourth-order valence-corrected chi connectivity index (χ4v) is 4.91. The number of nitrogens with one attached hydrogen (secondary N) is 2. The van der Waals surface area contributed by atoms with Gasteiger partial charge in [-0.15, -0.1) is 11.3 Å². The van der Waals surface area contributed by atoms with E-state index in [-0.39, 0.29) is 5.82 Å². The highest BCUT2D eigenvalue weighted by Crippen LogP contribution is 2.40. The number of halogens is 1. The predicted octanol–water partition coefficient (Wildman–Crippen LogP) is 4.58. The van der Waals surface area contributed by atoms with Crippen LogP contribution in [-0.4, -0.2) is 20.2 Å². The van der Waals surface area contributed by atoms with Gasteiger partial charge in [0.05, 0.1) is 22.8 Å². The Kier molecular flexibility index (Phi) is 3.24. The lowest BCUT2D eigenvalue weighted by atomic mass is 9.89. The van der Waals surface area contributed by atoms with Crippen LogP contribution in [-0.2, 0) is 12.8 Å². The van der Waals surface area contributed by atoms with Gasteiger partial charge >= 0.3 is 0 Å². The molecule has 0 radical (unpaired) electrons. The van der Waals surface area contributed by atoms with Crippen molar-refractivity contribution in [2.75, 3.05) is 5.32 Å². The molecule has 1 atom stereocenters. The molecule has 0 spiro atoms. The third-order valence-corrected chi connectivity index (χ3v) is 6.03. The maximum absolute atomic E-state index is 14.4. The minimum atomic E-state index is -0.332. The van der Waals surface area contributed by atoms with Crippen molar-refractivity contribution in [3.05, 3.63) is 40.9 Å². The summed E-state index contributed by atoms with van der Waals surface area (Å²) in [4.78, 5) is 11.2. The fourth-order valence-electron chi connectivity index (χ4n) is 3.56. The van der Waals surface area contributed by atoms with E-state index in [0.29, 0.717) is 22.9 Å². The summed E-state index contributed by atoms with van der Waals surface area (Å²) in [5.74, 6) is 1.05. The summed E-state index contributed by atoms with van der Waals surface area (Å²) in [6.45, 7) is 2.29. The van der Waals surface area contributed by atoms with Crippen LogP contribution in [0.5, 0.6) is 0 Å². The predicted molar refractivity (Wildman–Crippen MR) is 97.9 cm³/mol. The molecule has 3 heterocycles. The topological polar surface area (TPSA) is 66.5 Å². The Hall–Kier alpha value is -2.54. The number of thiophene rings is 1. The van der Waals surface area contributed by atoms with Gasteiger partial charge in [-0.05, 0) is 36.8 Å². The number of aromatic amines is 1. The van der Waals surface area contributed by atoms with Crippen LogP contribution in [0.3, 0.4) is 0 Å². The van der Waals surface area contributed by atoms with E-state index in [4.69, 9.17) is 0 Å². The second-order valence-corrected chi connectivity index (χ2v) is 7.75. The maximum Gasteiger partial charge on any atom is 0.148 e. The lowest BCUT2D eigenvalue weighted by Gasteiger charge is -2.18. The highest BCUT2D eigenvalue weighted by atomic mass is 32.1. The van der Waals surface area contributed by atoms with Crippen molar-refractivity contribution in [2.45, 2.75) is 26.2 Å². The smallest absolute Gasteiger partial charge is 0.148 e. The van der Waals surface area contributed by atoms with Gasteiger partial charge < -0.3 is 5.32 Å². The Morgan fingerprint density at radius 2 is 2.24 bits per heavy atom. The van der Waals surface area contributed by atoms with Crippen molar-refractivity contribution in [3.63, 3.8) is 0 Å². The molecule has 5 nitrogen and oxygen atoms in total. The number of hydrogen-bond acceptors (Lipinski definition) is 5. The van der Waals surface area contributed by atoms with Crippen molar-refractivity contribution < 1.29 is 4.39 Å². The minimum absolute atomic E-state index is 0.332. The largest absolute Gasteiger partial charge is 0.337 e. The van der Waals surface area contributed by atoms with Crippen molar-refractivity contribution in [2.24, 2.45) is 5.92 Å². The molecule has 0 saturated carbocycles. The molecule has 126 valence electrons. The highest BCUT2D eigenvalue weighted by molar-refractivity contribution is 7.19. The van der Waals surface area contributed by atoms with E-state index >= 15 is 0 Å². The number of anilines is 2. The van der Waals surface area contributed by atoms with Crippen LogP contribution >= 0.6 is 11.3 Å². The van der Waals surface area contributed by atoms with Crippen molar-refractivity contribution in [3.8, 4) is 0 Å². The van der Waals surface area contributed by atoms with Crippen LogP contribution in [0.1, 0.15) is 23.8 Å². The summed E-state index contributed by atoms with van der Waals surface area (Å²) in [6, 6.07) is 3.21. The number of rotatable bonds is 2. The normalized spacial score (nSPS) is 17.1. The first-order chi connectivity index (χ1) is 12.2. The van der Waals surface area contributed by atoms with Gasteiger partial charge in [0, 0.05) is 16.3 Å². The lowest BCUT2D eigenvalue weighted by Crippen LogP contribution is -2.09. The zero-order valence-corrected chi connectivity index (χ0v) is 14.5. The van der Waals surface area contributed by atoms with E-state index in [2.05, 4.69) is 32.4 Å². The van der Waals surface area contributed by atoms with Crippen LogP contribution in [0.2, 0.25) is 0 Å². The first-order valence-electron chi connectivity index (χ1n) is 8.34. The molecule has 25 heavy (non-hydrogen) atoms. The van der Waals surface area contributed by atoms with E-state index < -0.39 is 0 Å². The standard InChI is InChI=1S/C18H16FN5S/c1-9-2-3-11-15(4-9)25-18-16(11)17(20-8-21-18)23-14-5-10-7-22-24-13(10)6-12(14)19/h5-9H,2-4H2,1H3,(H,22,24)(H,20,21,23). The van der Waals surface area contributed by atoms with Crippen LogP contribution in [0, 0.1) is 11.7 Å². The second-order valence-electron chi connectivity index (χ2n) is 6.67. The summed E-state index contributed by atoms with van der Waals surface area (Å²) >= 11 is 1.74. The third kappa shape index (κ3) is 2.38. The number of benzene rings is 1. The molecule has 0 saturated heterocycles. The van der Waals surface area contributed by atoms with Crippen molar-refractivity contribution >= 4 is 44.0 Å². The molecule has 0 fully saturated rings. The van der Waals surface area contributed by atoms with Crippen LogP contribution in [0.15, 0.2) is 24.7 Å². The molecule has 3 aromatic heterocycles. The average molecular weight is 353 g/mol. The summed E-state index contributed by atoms with van der Waals surface area (Å²) in [5.41, 5.74) is 2.40. The van der Waals surface area contributed by atoms with Gasteiger partial charge in [-0.1, -0.05) is 6.92 Å². The van der Waals surface area contributed by atoms with E-state index in [0.717, 1.165) is 28.4 Å². The van der Waals surface area contributed by atoms with Gasteiger partial charge in [0.15, 0.2) is 0 Å². The van der Waals surface area contributed by atoms with Crippen LogP contribution < -0.4 is 5.32 Å². The van der Waals surface area contributed by atoms with Gasteiger partial charge in [-0.2, -0.15) is 5.10 Å². The van der Waals surface area contributed by atoms with Crippen LogP contribution in [0.25, 0.3) is 21.1 Å². The Labute approximate surface area is 147 Å². The second kappa shape index (κ2) is 5.49. The molecule has 0 amide bonds. The lowest BCUT2D eigenvalue weighted by molar-refractivity contribution is 0.509. The molecule has 0 aliphatic heterocycles. The summed E-state index contributed by atoms with van der Waals surface area (Å²) in [5, 5.41) is 11.8. The third-order valence-electron chi connectivity index (χ3n) is 4.87. The van der Waals surface area contributed by atoms with E-state index in [9.17, 15) is 4.39 Å². The maximum atomic E-state index is 14.4. The molecule has 2 N–H and O–H groups in total. The molecule has 1 aromatic carbocycles. The number of aromatic nitrogens is 4. The molecule has 4 aromatic rings. The Bertz CT molecular complexity index is 1100. The number of fused-ring (bicyclic) bond motifs is 4. The molecule has 7 heteroatoms. The van der Waals surface area contributed by atoms with E-state index in [1.165, 1.54) is 22.9 Å². The monoisotopic (exact) mass is 353 g/mol. The molecular weight excluding hydrogens is 337 g/mol.